The summed E-state index contributed by atoms with van der Waals surface area (Å²) >= 11 is 0. The second-order valence-corrected chi connectivity index (χ2v) is 8.04. The van der Waals surface area contributed by atoms with Crippen LogP contribution < -0.4 is 11.1 Å². The SMILES string of the molecule is Cc1ccc(S(=O)(=O)n2ccc(C(=O)NC(CN)C3CC3)c2)cc1.Cl. The average Bonchev–Trinajstić information content (AvgIpc) is 3.27. The zero-order chi connectivity index (χ0) is 17.3. The van der Waals surface area contributed by atoms with Gasteiger partial charge in [0, 0.05) is 25.0 Å². The average molecular weight is 384 g/mol. The minimum absolute atomic E-state index is 0. The Bertz CT molecular complexity index is 842. The summed E-state index contributed by atoms with van der Waals surface area (Å²) in [6.45, 7) is 2.28. The van der Waals surface area contributed by atoms with Gasteiger partial charge in [-0.2, -0.15) is 0 Å². The van der Waals surface area contributed by atoms with Gasteiger partial charge in [-0.3, -0.25) is 4.79 Å². The van der Waals surface area contributed by atoms with Crippen molar-refractivity contribution in [3.05, 3.63) is 53.9 Å². The van der Waals surface area contributed by atoms with E-state index in [1.165, 1.54) is 18.5 Å². The highest BCUT2D eigenvalue weighted by atomic mass is 35.5. The minimum Gasteiger partial charge on any atom is -0.348 e. The predicted octanol–water partition coefficient (Wildman–Crippen LogP) is 1.92. The van der Waals surface area contributed by atoms with Crippen molar-refractivity contribution in [2.75, 3.05) is 6.54 Å². The molecule has 2 aromatic rings. The zero-order valence-corrected chi connectivity index (χ0v) is 15.5. The number of aryl methyl sites for hydroxylation is 1. The molecule has 0 spiro atoms. The van der Waals surface area contributed by atoms with E-state index in [0.29, 0.717) is 18.0 Å². The Hall–Kier alpha value is -1.83. The van der Waals surface area contributed by atoms with E-state index in [4.69, 9.17) is 5.73 Å². The van der Waals surface area contributed by atoms with E-state index in [1.54, 1.807) is 24.3 Å². The van der Waals surface area contributed by atoms with Gasteiger partial charge in [-0.15, -0.1) is 12.4 Å². The number of hydrogen-bond acceptors (Lipinski definition) is 4. The first-order valence-electron chi connectivity index (χ1n) is 7.93. The van der Waals surface area contributed by atoms with E-state index >= 15 is 0 Å². The summed E-state index contributed by atoms with van der Waals surface area (Å²) in [6, 6.07) is 8.05. The van der Waals surface area contributed by atoms with Gasteiger partial charge in [-0.25, -0.2) is 12.4 Å². The molecule has 1 fully saturated rings. The lowest BCUT2D eigenvalue weighted by atomic mass is 10.2. The Morgan fingerprint density at radius 2 is 1.92 bits per heavy atom. The predicted molar refractivity (Wildman–Crippen MR) is 98.5 cm³/mol. The fourth-order valence-electron chi connectivity index (χ4n) is 2.61. The number of nitrogens with one attached hydrogen (secondary N) is 1. The molecular formula is C17H22ClN3O3S. The first-order chi connectivity index (χ1) is 11.4. The molecule has 6 nitrogen and oxygen atoms in total. The fraction of sp³-hybridized carbons (Fsp3) is 0.353. The van der Waals surface area contributed by atoms with Gasteiger partial charge in [0.25, 0.3) is 15.9 Å². The van der Waals surface area contributed by atoms with Gasteiger partial charge in [0.05, 0.1) is 10.5 Å². The molecule has 25 heavy (non-hydrogen) atoms. The number of hydrogen-bond donors (Lipinski definition) is 2. The molecule has 0 saturated heterocycles. The van der Waals surface area contributed by atoms with E-state index in [1.807, 2.05) is 6.92 Å². The smallest absolute Gasteiger partial charge is 0.267 e. The van der Waals surface area contributed by atoms with Crippen LogP contribution in [0.3, 0.4) is 0 Å². The fourth-order valence-corrected chi connectivity index (χ4v) is 3.81. The summed E-state index contributed by atoms with van der Waals surface area (Å²) < 4.78 is 26.2. The van der Waals surface area contributed by atoms with Gasteiger partial charge >= 0.3 is 0 Å². The monoisotopic (exact) mass is 383 g/mol. The van der Waals surface area contributed by atoms with Crippen LogP contribution in [0.1, 0.15) is 28.8 Å². The highest BCUT2D eigenvalue weighted by molar-refractivity contribution is 7.90. The summed E-state index contributed by atoms with van der Waals surface area (Å²) in [5, 5.41) is 2.88. The number of rotatable bonds is 6. The van der Waals surface area contributed by atoms with E-state index in [-0.39, 0.29) is 29.3 Å². The normalized spacial score (nSPS) is 15.3. The molecule has 1 amide bonds. The second-order valence-electron chi connectivity index (χ2n) is 6.20. The molecular weight excluding hydrogens is 362 g/mol. The van der Waals surface area contributed by atoms with Crippen LogP contribution in [0.15, 0.2) is 47.6 Å². The third-order valence-electron chi connectivity index (χ3n) is 4.29. The van der Waals surface area contributed by atoms with Crippen LogP contribution in [-0.4, -0.2) is 30.9 Å². The van der Waals surface area contributed by atoms with Crippen molar-refractivity contribution >= 4 is 28.3 Å². The molecule has 0 aliphatic heterocycles. The van der Waals surface area contributed by atoms with E-state index in [9.17, 15) is 13.2 Å². The molecule has 1 heterocycles. The standard InChI is InChI=1S/C17H21N3O3S.ClH/c1-12-2-6-15(7-3-12)24(22,23)20-9-8-14(11-20)17(21)19-16(10-18)13-4-5-13;/h2-3,6-9,11,13,16H,4-5,10,18H2,1H3,(H,19,21);1H. The second kappa shape index (κ2) is 7.59. The number of amides is 1. The van der Waals surface area contributed by atoms with Gasteiger partial charge in [0.2, 0.25) is 0 Å². The Balaban J connectivity index is 0.00000225. The molecule has 1 aromatic carbocycles. The number of carbonyl (C=O) groups is 1. The summed E-state index contributed by atoms with van der Waals surface area (Å²) in [7, 11) is -3.69. The molecule has 1 atom stereocenters. The quantitative estimate of drug-likeness (QED) is 0.796. The van der Waals surface area contributed by atoms with Crippen LogP contribution >= 0.6 is 12.4 Å². The minimum atomic E-state index is -3.69. The number of carbonyl (C=O) groups excluding carboxylic acids is 1. The lowest BCUT2D eigenvalue weighted by molar-refractivity contribution is 0.0933. The van der Waals surface area contributed by atoms with Crippen LogP contribution in [0, 0.1) is 12.8 Å². The van der Waals surface area contributed by atoms with Gasteiger partial charge in [0.15, 0.2) is 0 Å². The van der Waals surface area contributed by atoms with Gasteiger partial charge < -0.3 is 11.1 Å². The van der Waals surface area contributed by atoms with Gasteiger partial charge in [-0.1, -0.05) is 17.7 Å². The molecule has 3 rings (SSSR count). The molecule has 1 aliphatic carbocycles. The zero-order valence-electron chi connectivity index (χ0n) is 13.9. The summed E-state index contributed by atoms with van der Waals surface area (Å²) in [5.41, 5.74) is 6.98. The van der Waals surface area contributed by atoms with Crippen LogP contribution in [-0.2, 0) is 10.0 Å². The highest BCUT2D eigenvalue weighted by Gasteiger charge is 2.31. The van der Waals surface area contributed by atoms with Crippen molar-refractivity contribution in [1.82, 2.24) is 9.29 Å². The molecule has 8 heteroatoms. The van der Waals surface area contributed by atoms with Crippen molar-refractivity contribution < 1.29 is 13.2 Å². The Morgan fingerprint density at radius 3 is 2.48 bits per heavy atom. The van der Waals surface area contributed by atoms with Gasteiger partial charge in [0.1, 0.15) is 0 Å². The number of nitrogens with zero attached hydrogens (tertiary/aromatic N) is 1. The Kier molecular flexibility index (Phi) is 5.92. The number of aromatic nitrogens is 1. The first kappa shape index (κ1) is 19.5. The van der Waals surface area contributed by atoms with E-state index in [2.05, 4.69) is 5.32 Å². The highest BCUT2D eigenvalue weighted by Crippen LogP contribution is 2.32. The summed E-state index contributed by atoms with van der Waals surface area (Å²) in [4.78, 5) is 12.5. The van der Waals surface area contributed by atoms with Gasteiger partial charge in [-0.05, 0) is 43.9 Å². The largest absolute Gasteiger partial charge is 0.348 e. The van der Waals surface area contributed by atoms with Crippen molar-refractivity contribution in [2.45, 2.75) is 30.7 Å². The molecule has 1 saturated carbocycles. The van der Waals surface area contributed by atoms with E-state index in [0.717, 1.165) is 22.4 Å². The molecule has 0 bridgehead atoms. The maximum Gasteiger partial charge on any atom is 0.267 e. The molecule has 1 aromatic heterocycles. The number of halogens is 1. The number of nitrogens with two attached hydrogens (primary N) is 1. The van der Waals surface area contributed by atoms with Crippen molar-refractivity contribution in [3.8, 4) is 0 Å². The lowest BCUT2D eigenvalue weighted by Gasteiger charge is -2.15. The topological polar surface area (TPSA) is 94.2 Å². The Morgan fingerprint density at radius 1 is 1.28 bits per heavy atom. The number of benzene rings is 1. The first-order valence-corrected chi connectivity index (χ1v) is 9.37. The molecule has 136 valence electrons. The lowest BCUT2D eigenvalue weighted by Crippen LogP contribution is -2.41. The van der Waals surface area contributed by atoms with E-state index < -0.39 is 10.0 Å². The molecule has 1 aliphatic rings. The van der Waals surface area contributed by atoms with Crippen LogP contribution in [0.4, 0.5) is 0 Å². The van der Waals surface area contributed by atoms with Crippen molar-refractivity contribution in [2.24, 2.45) is 11.7 Å². The maximum absolute atomic E-state index is 12.6. The molecule has 3 N–H and O–H groups in total. The Labute approximate surface area is 153 Å². The maximum atomic E-state index is 12.6. The molecule has 1 unspecified atom stereocenters. The van der Waals surface area contributed by atoms with Crippen LogP contribution in [0.25, 0.3) is 0 Å². The van der Waals surface area contributed by atoms with Crippen LogP contribution in [0.5, 0.6) is 0 Å². The van der Waals surface area contributed by atoms with Crippen molar-refractivity contribution in [3.63, 3.8) is 0 Å². The molecule has 0 radical (unpaired) electrons. The third kappa shape index (κ3) is 4.23. The summed E-state index contributed by atoms with van der Waals surface area (Å²) in [6.07, 6.45) is 4.87. The van der Waals surface area contributed by atoms with Crippen LogP contribution in [0.2, 0.25) is 0 Å². The van der Waals surface area contributed by atoms with Crippen molar-refractivity contribution in [1.29, 1.82) is 0 Å². The third-order valence-corrected chi connectivity index (χ3v) is 5.94. The summed E-state index contributed by atoms with van der Waals surface area (Å²) in [5.74, 6) is 0.146.